The van der Waals surface area contributed by atoms with Gasteiger partial charge in [0, 0.05) is 6.42 Å². The summed E-state index contributed by atoms with van der Waals surface area (Å²) in [5, 5.41) is 0. The van der Waals surface area contributed by atoms with Crippen LogP contribution in [0.25, 0.3) is 0 Å². The molecule has 0 aromatic carbocycles. The van der Waals surface area contributed by atoms with E-state index in [1.54, 1.807) is 6.92 Å². The Hall–Kier alpha value is 0.760. The van der Waals surface area contributed by atoms with Gasteiger partial charge in [0.2, 0.25) is 0 Å². The third-order valence-electron chi connectivity index (χ3n) is 0.375. The van der Waals surface area contributed by atoms with Crippen LogP contribution in [0, 0.1) is 0 Å². The molecular formula is C3H6ClNaO2. The Morgan fingerprint density at radius 2 is 2.43 bits per heavy atom. The first-order valence-electron chi connectivity index (χ1n) is 1.62. The standard InChI is InChI=1S/C3H5ClO2.Na.H/c1-2-3(5)6-4;;/h2H2,1H3;;/q;+1;-1. The summed E-state index contributed by atoms with van der Waals surface area (Å²) >= 11 is 4.60. The zero-order chi connectivity index (χ0) is 4.99. The third-order valence-corrected chi connectivity index (χ3v) is 0.547. The van der Waals surface area contributed by atoms with Crippen molar-refractivity contribution in [3.63, 3.8) is 0 Å². The monoisotopic (exact) mass is 132 g/mol. The molecule has 0 radical (unpaired) electrons. The first-order valence-corrected chi connectivity index (χ1v) is 1.93. The van der Waals surface area contributed by atoms with Gasteiger partial charge in [0.1, 0.15) is 11.9 Å². The predicted octanol–water partition coefficient (Wildman–Crippen LogP) is -1.79. The zero-order valence-corrected chi connectivity index (χ0v) is 7.16. The molecule has 0 aromatic heterocycles. The van der Waals surface area contributed by atoms with Crippen LogP contribution in [0.5, 0.6) is 0 Å². The van der Waals surface area contributed by atoms with Crippen LogP contribution >= 0.6 is 11.9 Å². The Balaban J connectivity index is -0.000000125. The molecule has 0 fully saturated rings. The van der Waals surface area contributed by atoms with Crippen LogP contribution in [-0.2, 0) is 9.08 Å². The summed E-state index contributed by atoms with van der Waals surface area (Å²) in [6.45, 7) is 1.67. The predicted molar refractivity (Wildman–Crippen MR) is 23.3 cm³/mol. The van der Waals surface area contributed by atoms with E-state index in [-0.39, 0.29) is 31.0 Å². The van der Waals surface area contributed by atoms with Crippen molar-refractivity contribution in [1.29, 1.82) is 0 Å². The Morgan fingerprint density at radius 3 is 2.43 bits per heavy atom. The molecule has 4 heteroatoms. The van der Waals surface area contributed by atoms with Crippen molar-refractivity contribution in [2.24, 2.45) is 0 Å². The molecule has 0 N–H and O–H groups in total. The summed E-state index contributed by atoms with van der Waals surface area (Å²) in [7, 11) is 0. The van der Waals surface area contributed by atoms with Crippen LogP contribution in [0.15, 0.2) is 0 Å². The second-order valence-corrected chi connectivity index (χ2v) is 0.957. The van der Waals surface area contributed by atoms with Crippen molar-refractivity contribution in [2.75, 3.05) is 0 Å². The van der Waals surface area contributed by atoms with Crippen molar-refractivity contribution in [2.45, 2.75) is 13.3 Å². The molecular weight excluding hydrogens is 126 g/mol. The number of halogens is 1. The number of hydrogen-bond donors (Lipinski definition) is 0. The first-order chi connectivity index (χ1) is 2.81. The molecule has 0 rings (SSSR count). The van der Waals surface area contributed by atoms with Gasteiger partial charge in [0.05, 0.1) is 0 Å². The minimum atomic E-state index is -0.392. The number of hydrogen-bond acceptors (Lipinski definition) is 2. The van der Waals surface area contributed by atoms with Gasteiger partial charge < -0.3 is 5.72 Å². The normalized spacial score (nSPS) is 6.57. The molecule has 0 saturated heterocycles. The van der Waals surface area contributed by atoms with Gasteiger partial charge in [-0.3, -0.25) is 4.79 Å². The quantitative estimate of drug-likeness (QED) is 0.394. The van der Waals surface area contributed by atoms with E-state index in [1.807, 2.05) is 0 Å². The molecule has 0 bridgehead atoms. The van der Waals surface area contributed by atoms with E-state index in [0.29, 0.717) is 6.42 Å². The van der Waals surface area contributed by atoms with E-state index in [9.17, 15) is 4.79 Å². The van der Waals surface area contributed by atoms with Gasteiger partial charge in [0.25, 0.3) is 0 Å². The second-order valence-electron chi connectivity index (χ2n) is 0.803. The number of rotatable bonds is 1. The van der Waals surface area contributed by atoms with Crippen molar-refractivity contribution in [3.8, 4) is 0 Å². The molecule has 0 aromatic rings. The first kappa shape index (κ1) is 10.7. The summed E-state index contributed by atoms with van der Waals surface area (Å²) in [5.74, 6) is -0.392. The minimum Gasteiger partial charge on any atom is -1.00 e. The second kappa shape index (κ2) is 6.76. The van der Waals surface area contributed by atoms with Crippen molar-refractivity contribution in [3.05, 3.63) is 0 Å². The van der Waals surface area contributed by atoms with Crippen molar-refractivity contribution in [1.82, 2.24) is 0 Å². The molecule has 0 aliphatic rings. The Labute approximate surface area is 71.1 Å². The van der Waals surface area contributed by atoms with Gasteiger partial charge >= 0.3 is 35.5 Å². The molecule has 0 aliphatic heterocycles. The maximum atomic E-state index is 9.83. The third kappa shape index (κ3) is 6.76. The number of carbonyl (C=O) groups excluding carboxylic acids is 1. The van der Waals surface area contributed by atoms with Gasteiger partial charge in [-0.2, -0.15) is 0 Å². The molecule has 2 nitrogen and oxygen atoms in total. The van der Waals surface area contributed by atoms with Crippen LogP contribution in [0.2, 0.25) is 0 Å². The largest absolute Gasteiger partial charge is 1.00 e. The summed E-state index contributed by atoms with van der Waals surface area (Å²) in [6.07, 6.45) is 0.337. The van der Waals surface area contributed by atoms with Gasteiger partial charge in [-0.05, 0) is 0 Å². The van der Waals surface area contributed by atoms with E-state index in [0.717, 1.165) is 0 Å². The van der Waals surface area contributed by atoms with Crippen LogP contribution in [0.3, 0.4) is 0 Å². The maximum Gasteiger partial charge on any atom is 1.00 e. The van der Waals surface area contributed by atoms with Crippen LogP contribution in [-0.4, -0.2) is 5.97 Å². The van der Waals surface area contributed by atoms with E-state index in [4.69, 9.17) is 0 Å². The van der Waals surface area contributed by atoms with E-state index in [2.05, 4.69) is 16.2 Å². The fourth-order valence-corrected chi connectivity index (χ4v) is 0.164. The van der Waals surface area contributed by atoms with Gasteiger partial charge in [0.15, 0.2) is 0 Å². The topological polar surface area (TPSA) is 26.3 Å². The molecule has 0 amide bonds. The van der Waals surface area contributed by atoms with E-state index in [1.165, 1.54) is 0 Å². The zero-order valence-electron chi connectivity index (χ0n) is 5.40. The SMILES string of the molecule is CCC(=O)OCl.[H-].[Na+]. The van der Waals surface area contributed by atoms with Crippen LogP contribution in [0.4, 0.5) is 0 Å². The number of carbonyl (C=O) groups is 1. The molecule has 38 valence electrons. The fraction of sp³-hybridized carbons (Fsp3) is 0.667. The molecule has 0 heterocycles. The van der Waals surface area contributed by atoms with E-state index >= 15 is 0 Å². The van der Waals surface area contributed by atoms with Crippen LogP contribution in [0.1, 0.15) is 14.8 Å². The fourth-order valence-electron chi connectivity index (χ4n) is 0.0546. The van der Waals surface area contributed by atoms with Gasteiger partial charge in [-0.1, -0.05) is 6.92 Å². The summed E-state index contributed by atoms with van der Waals surface area (Å²) in [5.41, 5.74) is 0. The molecule has 0 unspecified atom stereocenters. The van der Waals surface area contributed by atoms with Gasteiger partial charge in [-0.15, -0.1) is 0 Å². The Morgan fingerprint density at radius 1 is 2.00 bits per heavy atom. The molecule has 0 saturated carbocycles. The van der Waals surface area contributed by atoms with E-state index < -0.39 is 5.97 Å². The van der Waals surface area contributed by atoms with Crippen molar-refractivity contribution < 1.29 is 40.1 Å². The molecule has 0 spiro atoms. The average Bonchev–Trinajstić information content (AvgIpc) is 1.65. The Kier molecular flexibility index (Phi) is 10.3. The maximum absolute atomic E-state index is 9.83. The molecule has 0 aliphatic carbocycles. The summed E-state index contributed by atoms with van der Waals surface area (Å²) in [6, 6.07) is 0. The van der Waals surface area contributed by atoms with Crippen molar-refractivity contribution >= 4 is 17.8 Å². The van der Waals surface area contributed by atoms with Gasteiger partial charge in [-0.25, -0.2) is 0 Å². The summed E-state index contributed by atoms with van der Waals surface area (Å²) in [4.78, 5) is 9.83. The van der Waals surface area contributed by atoms with Crippen LogP contribution < -0.4 is 29.6 Å². The smallest absolute Gasteiger partial charge is 1.00 e. The Bertz CT molecular complexity index is 55.2. The minimum absolute atomic E-state index is 0. The summed E-state index contributed by atoms with van der Waals surface area (Å²) < 4.78 is 3.73. The molecule has 7 heavy (non-hydrogen) atoms. The molecule has 0 atom stereocenters. The average molecular weight is 133 g/mol.